The minimum atomic E-state index is -0.670. The van der Waals surface area contributed by atoms with E-state index in [0.717, 1.165) is 6.54 Å². The van der Waals surface area contributed by atoms with E-state index in [2.05, 4.69) is 37.4 Å². The van der Waals surface area contributed by atoms with E-state index < -0.39 is 6.10 Å². The summed E-state index contributed by atoms with van der Waals surface area (Å²) in [6, 6.07) is 6.36. The number of aliphatic hydroxyl groups excluding tert-OH is 2. The topological polar surface area (TPSA) is 52.5 Å². The Morgan fingerprint density at radius 3 is 2.33 bits per heavy atom. The standard InChI is InChI=1S/C12H19NO2/c1-9-3-10(2)5-11(4-9)6-13-7-12(15)8-14/h3-5,12-15H,6-8H2,1-2H3. The van der Waals surface area contributed by atoms with E-state index in [-0.39, 0.29) is 6.61 Å². The highest BCUT2D eigenvalue weighted by atomic mass is 16.3. The van der Waals surface area contributed by atoms with Crippen molar-refractivity contribution in [2.24, 2.45) is 0 Å². The van der Waals surface area contributed by atoms with Crippen molar-refractivity contribution < 1.29 is 10.2 Å². The Balaban J connectivity index is 2.43. The third kappa shape index (κ3) is 4.42. The maximum absolute atomic E-state index is 9.13. The molecule has 0 aliphatic heterocycles. The fourth-order valence-electron chi connectivity index (χ4n) is 1.62. The summed E-state index contributed by atoms with van der Waals surface area (Å²) >= 11 is 0. The van der Waals surface area contributed by atoms with Crippen molar-refractivity contribution in [3.8, 4) is 0 Å². The van der Waals surface area contributed by atoms with E-state index in [1.165, 1.54) is 16.7 Å². The van der Waals surface area contributed by atoms with E-state index >= 15 is 0 Å². The van der Waals surface area contributed by atoms with Gasteiger partial charge in [0.2, 0.25) is 0 Å². The minimum Gasteiger partial charge on any atom is -0.394 e. The van der Waals surface area contributed by atoms with Crippen LogP contribution in [-0.4, -0.2) is 29.5 Å². The van der Waals surface area contributed by atoms with Crippen LogP contribution < -0.4 is 5.32 Å². The van der Waals surface area contributed by atoms with Gasteiger partial charge in [0.05, 0.1) is 12.7 Å². The summed E-state index contributed by atoms with van der Waals surface area (Å²) in [7, 11) is 0. The van der Waals surface area contributed by atoms with Gasteiger partial charge in [-0.25, -0.2) is 0 Å². The molecule has 0 saturated carbocycles. The smallest absolute Gasteiger partial charge is 0.0895 e. The van der Waals surface area contributed by atoms with Crippen molar-refractivity contribution in [1.82, 2.24) is 5.32 Å². The molecule has 0 aromatic heterocycles. The zero-order valence-corrected chi connectivity index (χ0v) is 9.33. The van der Waals surface area contributed by atoms with E-state index in [0.29, 0.717) is 6.54 Å². The predicted octanol–water partition coefficient (Wildman–Crippen LogP) is 0.746. The average Bonchev–Trinajstić information content (AvgIpc) is 2.16. The highest BCUT2D eigenvalue weighted by Gasteiger charge is 2.01. The van der Waals surface area contributed by atoms with Crippen LogP contribution in [0.3, 0.4) is 0 Å². The van der Waals surface area contributed by atoms with E-state index in [1.807, 2.05) is 0 Å². The van der Waals surface area contributed by atoms with Gasteiger partial charge in [-0.15, -0.1) is 0 Å². The first kappa shape index (κ1) is 12.2. The van der Waals surface area contributed by atoms with Gasteiger partial charge in [0.15, 0.2) is 0 Å². The molecule has 0 bridgehead atoms. The molecule has 3 N–H and O–H groups in total. The average molecular weight is 209 g/mol. The minimum absolute atomic E-state index is 0.195. The normalized spacial score (nSPS) is 12.8. The third-order valence-electron chi connectivity index (χ3n) is 2.20. The van der Waals surface area contributed by atoms with E-state index in [9.17, 15) is 0 Å². The molecule has 0 aliphatic carbocycles. The van der Waals surface area contributed by atoms with Crippen molar-refractivity contribution in [3.63, 3.8) is 0 Å². The van der Waals surface area contributed by atoms with Crippen molar-refractivity contribution >= 4 is 0 Å². The second-order valence-corrected chi connectivity index (χ2v) is 3.96. The first-order valence-electron chi connectivity index (χ1n) is 5.18. The molecule has 1 unspecified atom stereocenters. The molecule has 1 atom stereocenters. The van der Waals surface area contributed by atoms with Crippen LogP contribution in [0, 0.1) is 13.8 Å². The number of aliphatic hydroxyl groups is 2. The Morgan fingerprint density at radius 1 is 1.20 bits per heavy atom. The lowest BCUT2D eigenvalue weighted by molar-refractivity contribution is 0.0942. The van der Waals surface area contributed by atoms with Crippen LogP contribution in [0.25, 0.3) is 0 Å². The lowest BCUT2D eigenvalue weighted by Crippen LogP contribution is -2.28. The van der Waals surface area contributed by atoms with Crippen LogP contribution >= 0.6 is 0 Å². The van der Waals surface area contributed by atoms with Gasteiger partial charge in [0.1, 0.15) is 0 Å². The van der Waals surface area contributed by atoms with Crippen molar-refractivity contribution in [2.75, 3.05) is 13.2 Å². The SMILES string of the molecule is Cc1cc(C)cc(CNCC(O)CO)c1. The molecule has 3 heteroatoms. The zero-order valence-electron chi connectivity index (χ0n) is 9.33. The number of hydrogen-bond acceptors (Lipinski definition) is 3. The Bertz CT molecular complexity index is 292. The van der Waals surface area contributed by atoms with E-state index in [4.69, 9.17) is 10.2 Å². The molecular formula is C12H19NO2. The molecule has 3 nitrogen and oxygen atoms in total. The van der Waals surface area contributed by atoms with Crippen molar-refractivity contribution in [3.05, 3.63) is 34.9 Å². The zero-order chi connectivity index (χ0) is 11.3. The lowest BCUT2D eigenvalue weighted by Gasteiger charge is -2.09. The van der Waals surface area contributed by atoms with Gasteiger partial charge in [-0.2, -0.15) is 0 Å². The molecule has 1 aromatic carbocycles. The predicted molar refractivity (Wildman–Crippen MR) is 60.7 cm³/mol. The fourth-order valence-corrected chi connectivity index (χ4v) is 1.62. The number of benzene rings is 1. The Hall–Kier alpha value is -0.900. The van der Waals surface area contributed by atoms with Gasteiger partial charge in [-0.05, 0) is 19.4 Å². The van der Waals surface area contributed by atoms with Gasteiger partial charge < -0.3 is 15.5 Å². The van der Waals surface area contributed by atoms with Crippen LogP contribution in [0.5, 0.6) is 0 Å². The summed E-state index contributed by atoms with van der Waals surface area (Å²) in [6.45, 7) is 5.08. The highest BCUT2D eigenvalue weighted by molar-refractivity contribution is 5.28. The quantitative estimate of drug-likeness (QED) is 0.670. The Morgan fingerprint density at radius 2 is 1.80 bits per heavy atom. The number of hydrogen-bond donors (Lipinski definition) is 3. The Kier molecular flexibility index (Phi) is 4.75. The first-order valence-corrected chi connectivity index (χ1v) is 5.18. The summed E-state index contributed by atoms with van der Waals surface area (Å²) in [5.41, 5.74) is 3.70. The van der Waals surface area contributed by atoms with Gasteiger partial charge in [-0.1, -0.05) is 29.3 Å². The maximum Gasteiger partial charge on any atom is 0.0895 e. The molecule has 1 rings (SSSR count). The summed E-state index contributed by atoms with van der Waals surface area (Å²) in [4.78, 5) is 0. The third-order valence-corrected chi connectivity index (χ3v) is 2.20. The molecular weight excluding hydrogens is 190 g/mol. The summed E-state index contributed by atoms with van der Waals surface area (Å²) < 4.78 is 0. The molecule has 0 spiro atoms. The van der Waals surface area contributed by atoms with Crippen LogP contribution in [0.2, 0.25) is 0 Å². The van der Waals surface area contributed by atoms with Gasteiger partial charge >= 0.3 is 0 Å². The van der Waals surface area contributed by atoms with E-state index in [1.54, 1.807) is 0 Å². The summed E-state index contributed by atoms with van der Waals surface area (Å²) in [5, 5.41) is 20.9. The number of nitrogens with one attached hydrogen (secondary N) is 1. The second kappa shape index (κ2) is 5.85. The molecule has 0 heterocycles. The van der Waals surface area contributed by atoms with Crippen molar-refractivity contribution in [2.45, 2.75) is 26.5 Å². The van der Waals surface area contributed by atoms with Crippen molar-refractivity contribution in [1.29, 1.82) is 0 Å². The number of rotatable bonds is 5. The Labute approximate surface area is 90.8 Å². The molecule has 0 fully saturated rings. The molecule has 0 saturated heterocycles. The monoisotopic (exact) mass is 209 g/mol. The summed E-state index contributed by atoms with van der Waals surface area (Å²) in [5.74, 6) is 0. The molecule has 1 aromatic rings. The molecule has 0 aliphatic rings. The molecule has 15 heavy (non-hydrogen) atoms. The largest absolute Gasteiger partial charge is 0.394 e. The van der Waals surface area contributed by atoms with Crippen LogP contribution in [-0.2, 0) is 6.54 Å². The van der Waals surface area contributed by atoms with Crippen LogP contribution in [0.4, 0.5) is 0 Å². The van der Waals surface area contributed by atoms with Gasteiger partial charge in [0.25, 0.3) is 0 Å². The molecule has 0 amide bonds. The molecule has 0 radical (unpaired) electrons. The maximum atomic E-state index is 9.13. The lowest BCUT2D eigenvalue weighted by atomic mass is 10.1. The van der Waals surface area contributed by atoms with Crippen LogP contribution in [0.1, 0.15) is 16.7 Å². The van der Waals surface area contributed by atoms with Gasteiger partial charge in [-0.3, -0.25) is 0 Å². The van der Waals surface area contributed by atoms with Crippen LogP contribution in [0.15, 0.2) is 18.2 Å². The second-order valence-electron chi connectivity index (χ2n) is 3.96. The first-order chi connectivity index (χ1) is 7.11. The fraction of sp³-hybridized carbons (Fsp3) is 0.500. The highest BCUT2D eigenvalue weighted by Crippen LogP contribution is 2.08. The summed E-state index contributed by atoms with van der Waals surface area (Å²) in [6.07, 6.45) is -0.670. The van der Waals surface area contributed by atoms with Gasteiger partial charge in [0, 0.05) is 13.1 Å². The molecule has 84 valence electrons. The number of aryl methyl sites for hydroxylation is 2.